The van der Waals surface area contributed by atoms with E-state index < -0.39 is 6.10 Å². The van der Waals surface area contributed by atoms with Gasteiger partial charge in [0.05, 0.1) is 0 Å². The molecule has 0 aromatic rings. The molecular weight excluding hydrogens is 913 g/mol. The van der Waals surface area contributed by atoms with Crippen LogP contribution in [0.1, 0.15) is 348 Å². The molecule has 0 amide bonds. The number of hydrogen-bond acceptors (Lipinski definition) is 6. The van der Waals surface area contributed by atoms with Gasteiger partial charge >= 0.3 is 17.9 Å². The van der Waals surface area contributed by atoms with E-state index in [9.17, 15) is 14.4 Å². The van der Waals surface area contributed by atoms with Crippen molar-refractivity contribution in [3.05, 3.63) is 48.6 Å². The molecule has 1 atom stereocenters. The Labute approximate surface area is 460 Å². The van der Waals surface area contributed by atoms with Gasteiger partial charge in [-0.2, -0.15) is 0 Å². The fourth-order valence-electron chi connectivity index (χ4n) is 9.73. The summed E-state index contributed by atoms with van der Waals surface area (Å²) in [7, 11) is 0. The van der Waals surface area contributed by atoms with Crippen LogP contribution in [0.15, 0.2) is 48.6 Å². The molecule has 1 unspecified atom stereocenters. The number of esters is 3. The molecule has 0 fully saturated rings. The third-order valence-electron chi connectivity index (χ3n) is 14.6. The highest BCUT2D eigenvalue weighted by Crippen LogP contribution is 2.18. The molecule has 74 heavy (non-hydrogen) atoms. The third-order valence-corrected chi connectivity index (χ3v) is 14.6. The second-order valence-corrected chi connectivity index (χ2v) is 22.0. The lowest BCUT2D eigenvalue weighted by Crippen LogP contribution is -2.30. The molecule has 0 spiro atoms. The van der Waals surface area contributed by atoms with Gasteiger partial charge in [-0.1, -0.05) is 320 Å². The van der Waals surface area contributed by atoms with E-state index >= 15 is 0 Å². The summed E-state index contributed by atoms with van der Waals surface area (Å²) in [6.45, 7) is 6.50. The van der Waals surface area contributed by atoms with E-state index in [2.05, 4.69) is 69.4 Å². The highest BCUT2D eigenvalue weighted by molar-refractivity contribution is 5.71. The first kappa shape index (κ1) is 71.4. The largest absolute Gasteiger partial charge is 0.462 e. The van der Waals surface area contributed by atoms with Gasteiger partial charge in [-0.25, -0.2) is 0 Å². The number of hydrogen-bond donors (Lipinski definition) is 0. The fourth-order valence-corrected chi connectivity index (χ4v) is 9.73. The molecule has 0 saturated carbocycles. The molecule has 0 bridgehead atoms. The Morgan fingerprint density at radius 2 is 0.527 bits per heavy atom. The maximum Gasteiger partial charge on any atom is 0.306 e. The average Bonchev–Trinajstić information content (AvgIpc) is 3.40. The fraction of sp³-hybridized carbons (Fsp3) is 0.838. The predicted octanol–water partition coefficient (Wildman–Crippen LogP) is 22.2. The summed E-state index contributed by atoms with van der Waals surface area (Å²) in [5.41, 5.74) is 0. The van der Waals surface area contributed by atoms with Gasteiger partial charge in [0.2, 0.25) is 0 Å². The maximum absolute atomic E-state index is 12.8. The van der Waals surface area contributed by atoms with Gasteiger partial charge in [-0.3, -0.25) is 14.4 Å². The minimum atomic E-state index is -0.776. The molecule has 0 heterocycles. The Morgan fingerprint density at radius 1 is 0.284 bits per heavy atom. The van der Waals surface area contributed by atoms with Gasteiger partial charge in [0.15, 0.2) is 6.10 Å². The molecule has 6 heteroatoms. The van der Waals surface area contributed by atoms with Crippen LogP contribution in [0.2, 0.25) is 0 Å². The predicted molar refractivity (Wildman–Crippen MR) is 321 cm³/mol. The van der Waals surface area contributed by atoms with Crippen LogP contribution < -0.4 is 0 Å². The van der Waals surface area contributed by atoms with Crippen LogP contribution in [0.5, 0.6) is 0 Å². The summed E-state index contributed by atoms with van der Waals surface area (Å²) in [6, 6.07) is 0. The Kier molecular flexibility index (Phi) is 60.7. The highest BCUT2D eigenvalue weighted by Gasteiger charge is 2.19. The zero-order chi connectivity index (χ0) is 53.6. The van der Waals surface area contributed by atoms with Crippen molar-refractivity contribution in [2.75, 3.05) is 13.2 Å². The molecular formula is C68H124O6. The van der Waals surface area contributed by atoms with Crippen molar-refractivity contribution in [3.63, 3.8) is 0 Å². The van der Waals surface area contributed by atoms with Crippen molar-refractivity contribution in [2.24, 2.45) is 0 Å². The van der Waals surface area contributed by atoms with E-state index in [4.69, 9.17) is 14.2 Å². The molecule has 0 radical (unpaired) electrons. The zero-order valence-corrected chi connectivity index (χ0v) is 49.6. The van der Waals surface area contributed by atoms with Crippen molar-refractivity contribution in [2.45, 2.75) is 354 Å². The Morgan fingerprint density at radius 3 is 0.824 bits per heavy atom. The first-order valence-electron chi connectivity index (χ1n) is 32.6. The van der Waals surface area contributed by atoms with Crippen LogP contribution in [0, 0.1) is 0 Å². The van der Waals surface area contributed by atoms with Crippen molar-refractivity contribution in [3.8, 4) is 0 Å². The van der Waals surface area contributed by atoms with Gasteiger partial charge in [0.25, 0.3) is 0 Å². The van der Waals surface area contributed by atoms with Crippen LogP contribution >= 0.6 is 0 Å². The lowest BCUT2D eigenvalue weighted by atomic mass is 10.0. The van der Waals surface area contributed by atoms with Gasteiger partial charge in [-0.15, -0.1) is 0 Å². The minimum absolute atomic E-state index is 0.0756. The number of unbranched alkanes of at least 4 members (excludes halogenated alkanes) is 41. The third kappa shape index (κ3) is 60.2. The molecule has 0 aliphatic rings. The molecule has 6 nitrogen and oxygen atoms in total. The number of ether oxygens (including phenoxy) is 3. The smallest absolute Gasteiger partial charge is 0.306 e. The van der Waals surface area contributed by atoms with Crippen LogP contribution in [0.4, 0.5) is 0 Å². The van der Waals surface area contributed by atoms with Crippen molar-refractivity contribution in [1.82, 2.24) is 0 Å². The summed E-state index contributed by atoms with van der Waals surface area (Å²) < 4.78 is 16.8. The quantitative estimate of drug-likeness (QED) is 0.0261. The summed E-state index contributed by atoms with van der Waals surface area (Å²) in [4.78, 5) is 38.0. The number of carbonyl (C=O) groups is 3. The maximum atomic E-state index is 12.8. The summed E-state index contributed by atoms with van der Waals surface area (Å²) in [5.74, 6) is -0.883. The summed E-state index contributed by atoms with van der Waals surface area (Å²) in [5, 5.41) is 0. The minimum Gasteiger partial charge on any atom is -0.462 e. The van der Waals surface area contributed by atoms with E-state index in [0.717, 1.165) is 96.3 Å². The van der Waals surface area contributed by atoms with Gasteiger partial charge in [0, 0.05) is 19.3 Å². The molecule has 0 N–H and O–H groups in total. The van der Waals surface area contributed by atoms with Crippen molar-refractivity contribution >= 4 is 17.9 Å². The van der Waals surface area contributed by atoms with E-state index in [1.54, 1.807) is 0 Å². The SMILES string of the molecule is CC/C=C\C/C=C\C/C=C\C/C=C\CCCCCCCCC(=O)OC(COC(=O)CCCCCCCC)COC(=O)CCCCCCCCCCCCCCCCCCCCCCCCCCCCCCCCC. The van der Waals surface area contributed by atoms with Gasteiger partial charge < -0.3 is 14.2 Å². The Balaban J connectivity index is 3.98. The van der Waals surface area contributed by atoms with E-state index in [0.29, 0.717) is 19.3 Å². The van der Waals surface area contributed by atoms with E-state index in [1.807, 2.05) is 0 Å². The standard InChI is InChI=1S/C68H124O6/c1-4-7-10-13-16-18-20-22-24-26-28-29-30-31-32-33-34-35-36-37-38-39-41-42-44-46-48-50-52-55-58-61-67(70)73-64-65(63-72-66(69)60-57-54-15-12-9-6-3)74-68(71)62-59-56-53-51-49-47-45-43-40-27-25-23-21-19-17-14-11-8-5-2/h8,11,17,19,23,25,40,43,65H,4-7,9-10,12-16,18,20-22,24,26-39,41-42,44-64H2,1-3H3/b11-8-,19-17-,25-23-,43-40-. The van der Waals surface area contributed by atoms with Crippen molar-refractivity contribution < 1.29 is 28.6 Å². The lowest BCUT2D eigenvalue weighted by molar-refractivity contribution is -0.167. The number of rotatable bonds is 60. The van der Waals surface area contributed by atoms with Crippen LogP contribution in [-0.2, 0) is 28.6 Å². The average molecular weight is 1040 g/mol. The molecule has 0 aromatic heterocycles. The first-order chi connectivity index (χ1) is 36.5. The van der Waals surface area contributed by atoms with Gasteiger partial charge in [0.1, 0.15) is 13.2 Å². The van der Waals surface area contributed by atoms with Gasteiger partial charge in [-0.05, 0) is 57.8 Å². The van der Waals surface area contributed by atoms with E-state index in [1.165, 1.54) is 212 Å². The lowest BCUT2D eigenvalue weighted by Gasteiger charge is -2.18. The van der Waals surface area contributed by atoms with Crippen molar-refractivity contribution in [1.29, 1.82) is 0 Å². The second kappa shape index (κ2) is 62.9. The highest BCUT2D eigenvalue weighted by atomic mass is 16.6. The first-order valence-corrected chi connectivity index (χ1v) is 32.6. The molecule has 432 valence electrons. The monoisotopic (exact) mass is 1040 g/mol. The molecule has 0 aliphatic heterocycles. The Hall–Kier alpha value is -2.63. The molecule has 0 aromatic carbocycles. The Bertz CT molecular complexity index is 1280. The molecule has 0 saturated heterocycles. The summed E-state index contributed by atoms with van der Waals surface area (Å²) >= 11 is 0. The van der Waals surface area contributed by atoms with Crippen LogP contribution in [-0.4, -0.2) is 37.2 Å². The number of carbonyl (C=O) groups excluding carboxylic acids is 3. The van der Waals surface area contributed by atoms with Crippen LogP contribution in [0.25, 0.3) is 0 Å². The molecule has 0 rings (SSSR count). The summed E-state index contributed by atoms with van der Waals surface area (Å²) in [6.07, 6.45) is 78.9. The van der Waals surface area contributed by atoms with Crippen LogP contribution in [0.3, 0.4) is 0 Å². The van der Waals surface area contributed by atoms with E-state index in [-0.39, 0.29) is 31.1 Å². The second-order valence-electron chi connectivity index (χ2n) is 22.0. The normalized spacial score (nSPS) is 12.3. The number of allylic oxidation sites excluding steroid dienone is 8. The topological polar surface area (TPSA) is 78.9 Å². The molecule has 0 aliphatic carbocycles. The zero-order valence-electron chi connectivity index (χ0n) is 49.6.